The molecule has 2 aliphatic rings. The highest BCUT2D eigenvalue weighted by Crippen LogP contribution is 2.53. The van der Waals surface area contributed by atoms with Crippen molar-refractivity contribution in [3.05, 3.63) is 68.2 Å². The highest BCUT2D eigenvalue weighted by atomic mass is 127. The van der Waals surface area contributed by atoms with Crippen molar-refractivity contribution in [2.75, 3.05) is 11.9 Å². The van der Waals surface area contributed by atoms with Gasteiger partial charge in [0.25, 0.3) is 0 Å². The van der Waals surface area contributed by atoms with Crippen molar-refractivity contribution in [3.8, 4) is 0 Å². The highest BCUT2D eigenvalue weighted by molar-refractivity contribution is 14.1. The number of sulfonamides is 1. The second-order valence-electron chi connectivity index (χ2n) is 7.46. The largest absolute Gasteiger partial charge is 0.381 e. The van der Waals surface area contributed by atoms with E-state index in [1.807, 2.05) is 18.2 Å². The van der Waals surface area contributed by atoms with Crippen LogP contribution in [0, 0.1) is 3.57 Å². The first-order valence-electron chi connectivity index (χ1n) is 9.33. The van der Waals surface area contributed by atoms with Crippen LogP contribution in [0.2, 0.25) is 0 Å². The van der Waals surface area contributed by atoms with Gasteiger partial charge in [-0.15, -0.1) is 0 Å². The molecule has 1 saturated carbocycles. The standard InChI is InChI=1S/C21H22BrIN2O2S/c1-14-3-2-4-20-21(14,18-13-15(22)5-10-19(18)25-20)11-12-24-28(26,27)17-8-6-16(23)7-9-17/h5-10,13,20,24-25H,1-4,11-12H2. The summed E-state index contributed by atoms with van der Waals surface area (Å²) in [5, 5.41) is 3.66. The molecule has 2 unspecified atom stereocenters. The molecule has 1 fully saturated rings. The molecule has 1 aliphatic carbocycles. The number of fused-ring (bicyclic) bond motifs is 3. The van der Waals surface area contributed by atoms with Crippen molar-refractivity contribution >= 4 is 54.2 Å². The normalized spacial score (nSPS) is 23.8. The van der Waals surface area contributed by atoms with Crippen molar-refractivity contribution in [3.63, 3.8) is 0 Å². The maximum Gasteiger partial charge on any atom is 0.240 e. The third kappa shape index (κ3) is 3.55. The average molecular weight is 573 g/mol. The number of rotatable bonds is 5. The van der Waals surface area contributed by atoms with E-state index in [-0.39, 0.29) is 11.5 Å². The quantitative estimate of drug-likeness (QED) is 0.383. The van der Waals surface area contributed by atoms with E-state index in [0.717, 1.165) is 33.0 Å². The van der Waals surface area contributed by atoms with E-state index in [9.17, 15) is 8.42 Å². The van der Waals surface area contributed by atoms with Gasteiger partial charge in [0, 0.05) is 31.7 Å². The van der Waals surface area contributed by atoms with Crippen LogP contribution in [-0.4, -0.2) is 21.0 Å². The van der Waals surface area contributed by atoms with E-state index in [1.54, 1.807) is 12.1 Å². The summed E-state index contributed by atoms with van der Waals surface area (Å²) < 4.78 is 30.2. The minimum absolute atomic E-state index is 0.230. The van der Waals surface area contributed by atoms with Gasteiger partial charge >= 0.3 is 0 Å². The second kappa shape index (κ2) is 7.74. The molecule has 148 valence electrons. The lowest BCUT2D eigenvalue weighted by molar-refractivity contribution is 0.344. The molecule has 4 rings (SSSR count). The van der Waals surface area contributed by atoms with Crippen LogP contribution in [0.5, 0.6) is 0 Å². The lowest BCUT2D eigenvalue weighted by atomic mass is 9.63. The summed E-state index contributed by atoms with van der Waals surface area (Å²) in [5.74, 6) is 0. The van der Waals surface area contributed by atoms with Gasteiger partial charge in [0.05, 0.1) is 4.90 Å². The van der Waals surface area contributed by atoms with Crippen LogP contribution in [-0.2, 0) is 15.4 Å². The maximum absolute atomic E-state index is 12.7. The average Bonchev–Trinajstić information content (AvgIpc) is 2.97. The monoisotopic (exact) mass is 572 g/mol. The molecule has 1 aliphatic heterocycles. The van der Waals surface area contributed by atoms with Crippen molar-refractivity contribution in [1.82, 2.24) is 4.72 Å². The molecule has 7 heteroatoms. The molecule has 2 N–H and O–H groups in total. The summed E-state index contributed by atoms with van der Waals surface area (Å²) in [7, 11) is -3.53. The Morgan fingerprint density at radius 3 is 2.75 bits per heavy atom. The van der Waals surface area contributed by atoms with Crippen LogP contribution >= 0.6 is 38.5 Å². The van der Waals surface area contributed by atoms with Crippen molar-refractivity contribution < 1.29 is 8.42 Å². The molecule has 0 aromatic heterocycles. The summed E-state index contributed by atoms with van der Waals surface area (Å²) >= 11 is 5.76. The third-order valence-electron chi connectivity index (χ3n) is 5.92. The zero-order valence-corrected chi connectivity index (χ0v) is 19.9. The minimum atomic E-state index is -3.53. The minimum Gasteiger partial charge on any atom is -0.381 e. The third-order valence-corrected chi connectivity index (χ3v) is 8.61. The molecule has 0 bridgehead atoms. The van der Waals surface area contributed by atoms with Crippen LogP contribution in [0.1, 0.15) is 31.2 Å². The summed E-state index contributed by atoms with van der Waals surface area (Å²) in [6.07, 6.45) is 3.85. The van der Waals surface area contributed by atoms with E-state index in [2.05, 4.69) is 67.3 Å². The van der Waals surface area contributed by atoms with Crippen molar-refractivity contribution in [1.29, 1.82) is 0 Å². The van der Waals surface area contributed by atoms with Gasteiger partial charge < -0.3 is 5.32 Å². The fourth-order valence-electron chi connectivity index (χ4n) is 4.57. The zero-order chi connectivity index (χ0) is 19.9. The second-order valence-corrected chi connectivity index (χ2v) is 11.4. The number of nitrogens with one attached hydrogen (secondary N) is 2. The van der Waals surface area contributed by atoms with Crippen molar-refractivity contribution in [2.45, 2.75) is 42.0 Å². The first-order valence-corrected chi connectivity index (χ1v) is 12.7. The number of benzene rings is 2. The predicted molar refractivity (Wildman–Crippen MR) is 125 cm³/mol. The van der Waals surface area contributed by atoms with E-state index in [1.165, 1.54) is 11.1 Å². The van der Waals surface area contributed by atoms with E-state index >= 15 is 0 Å². The highest BCUT2D eigenvalue weighted by Gasteiger charge is 2.49. The van der Waals surface area contributed by atoms with Crippen LogP contribution in [0.3, 0.4) is 0 Å². The Hall–Kier alpha value is -0.900. The van der Waals surface area contributed by atoms with Crippen LogP contribution in [0.25, 0.3) is 0 Å². The molecule has 2 atom stereocenters. The lowest BCUT2D eigenvalue weighted by Gasteiger charge is -2.42. The van der Waals surface area contributed by atoms with Gasteiger partial charge in [0.1, 0.15) is 0 Å². The molecular weight excluding hydrogens is 551 g/mol. The van der Waals surface area contributed by atoms with Crippen LogP contribution < -0.4 is 10.0 Å². The zero-order valence-electron chi connectivity index (χ0n) is 15.3. The summed E-state index contributed by atoms with van der Waals surface area (Å²) in [4.78, 5) is 0.303. The molecule has 4 nitrogen and oxygen atoms in total. The summed E-state index contributed by atoms with van der Waals surface area (Å²) in [6, 6.07) is 13.5. The molecule has 2 aromatic carbocycles. The summed E-state index contributed by atoms with van der Waals surface area (Å²) in [6.45, 7) is 4.78. The van der Waals surface area contributed by atoms with E-state index < -0.39 is 10.0 Å². The Labute approximate surface area is 188 Å². The molecule has 28 heavy (non-hydrogen) atoms. The van der Waals surface area contributed by atoms with E-state index in [4.69, 9.17) is 0 Å². The molecule has 0 radical (unpaired) electrons. The number of hydrogen-bond donors (Lipinski definition) is 2. The van der Waals surface area contributed by atoms with Crippen LogP contribution in [0.15, 0.2) is 64.0 Å². The maximum atomic E-state index is 12.7. The Morgan fingerprint density at radius 2 is 2.00 bits per heavy atom. The van der Waals surface area contributed by atoms with Gasteiger partial charge in [0.15, 0.2) is 0 Å². The molecule has 0 spiro atoms. The molecular formula is C21H22BrIN2O2S. The molecule has 0 amide bonds. The molecule has 0 saturated heterocycles. The van der Waals surface area contributed by atoms with Gasteiger partial charge in [-0.3, -0.25) is 0 Å². The van der Waals surface area contributed by atoms with Gasteiger partial charge in [-0.25, -0.2) is 13.1 Å². The first-order chi connectivity index (χ1) is 13.3. The topological polar surface area (TPSA) is 58.2 Å². The molecule has 2 aromatic rings. The Bertz CT molecular complexity index is 1020. The Morgan fingerprint density at radius 1 is 1.25 bits per heavy atom. The van der Waals surface area contributed by atoms with Gasteiger partial charge in [-0.05, 0) is 96.3 Å². The number of halogens is 2. The molecule has 1 heterocycles. The Balaban J connectivity index is 1.59. The van der Waals surface area contributed by atoms with Crippen LogP contribution in [0.4, 0.5) is 5.69 Å². The first kappa shape index (κ1) is 20.4. The smallest absolute Gasteiger partial charge is 0.240 e. The van der Waals surface area contributed by atoms with Crippen molar-refractivity contribution in [2.24, 2.45) is 0 Å². The fraction of sp³-hybridized carbons (Fsp3) is 0.333. The lowest BCUT2D eigenvalue weighted by Crippen LogP contribution is -2.45. The van der Waals surface area contributed by atoms with E-state index in [0.29, 0.717) is 17.9 Å². The Kier molecular flexibility index (Phi) is 5.63. The van der Waals surface area contributed by atoms with Gasteiger partial charge in [-0.1, -0.05) is 28.1 Å². The van der Waals surface area contributed by atoms with Gasteiger partial charge in [0.2, 0.25) is 10.0 Å². The fourth-order valence-corrected chi connectivity index (χ4v) is 6.33. The predicted octanol–water partition coefficient (Wildman–Crippen LogP) is 5.19. The number of anilines is 1. The summed E-state index contributed by atoms with van der Waals surface area (Å²) in [5.41, 5.74) is 3.33. The van der Waals surface area contributed by atoms with Gasteiger partial charge in [-0.2, -0.15) is 0 Å². The SMILES string of the molecule is C=C1CCCC2Nc3ccc(Br)cc3C12CCNS(=O)(=O)c1ccc(I)cc1. The number of hydrogen-bond acceptors (Lipinski definition) is 3.